The SMILES string of the molecule is O=C(c1ccc(S(=O)(=O)C2CCCC2)cc1)N1C[C@H]2CCCCC[C@@H]21. The Morgan fingerprint density at radius 2 is 1.52 bits per heavy atom. The number of hydrogen-bond donors (Lipinski definition) is 0. The summed E-state index contributed by atoms with van der Waals surface area (Å²) in [6.45, 7) is 0.867. The number of amides is 1. The molecular weight excluding hydrogens is 334 g/mol. The number of carbonyl (C=O) groups excluding carboxylic acids is 1. The van der Waals surface area contributed by atoms with Crippen LogP contribution in [0.1, 0.15) is 68.1 Å². The maximum absolute atomic E-state index is 12.8. The second-order valence-corrected chi connectivity index (χ2v) is 10.1. The Kier molecular flexibility index (Phi) is 4.61. The van der Waals surface area contributed by atoms with E-state index in [1.165, 1.54) is 25.7 Å². The summed E-state index contributed by atoms with van der Waals surface area (Å²) in [5, 5.41) is -0.240. The number of hydrogen-bond acceptors (Lipinski definition) is 3. The standard InChI is InChI=1S/C20H27NO3S/c22-20(21-14-16-6-2-1-3-9-19(16)21)15-10-12-18(13-11-15)25(23,24)17-7-4-5-8-17/h10-13,16-17,19H,1-9,14H2/t16-,19+/m1/s1. The molecule has 1 aromatic carbocycles. The van der Waals surface area contributed by atoms with E-state index in [9.17, 15) is 13.2 Å². The zero-order valence-corrected chi connectivity index (χ0v) is 15.5. The molecular formula is C20H27NO3S. The van der Waals surface area contributed by atoms with E-state index in [-0.39, 0.29) is 11.2 Å². The number of nitrogens with zero attached hydrogens (tertiary/aromatic N) is 1. The molecule has 0 N–H and O–H groups in total. The molecule has 0 unspecified atom stereocenters. The topological polar surface area (TPSA) is 54.5 Å². The summed E-state index contributed by atoms with van der Waals surface area (Å²) in [6, 6.07) is 7.07. The molecule has 3 aliphatic rings. The quantitative estimate of drug-likeness (QED) is 0.823. The van der Waals surface area contributed by atoms with Gasteiger partial charge >= 0.3 is 0 Å². The van der Waals surface area contributed by atoms with Crippen LogP contribution in [-0.2, 0) is 9.84 Å². The average molecular weight is 362 g/mol. The first kappa shape index (κ1) is 17.1. The number of fused-ring (bicyclic) bond motifs is 1. The van der Waals surface area contributed by atoms with Crippen LogP contribution in [0.25, 0.3) is 0 Å². The minimum Gasteiger partial charge on any atom is -0.335 e. The third kappa shape index (κ3) is 3.12. The van der Waals surface area contributed by atoms with Gasteiger partial charge < -0.3 is 4.90 Å². The number of rotatable bonds is 3. The van der Waals surface area contributed by atoms with Crippen LogP contribution >= 0.6 is 0 Å². The number of sulfone groups is 1. The van der Waals surface area contributed by atoms with E-state index in [1.54, 1.807) is 24.3 Å². The molecule has 2 atom stereocenters. The van der Waals surface area contributed by atoms with Crippen molar-refractivity contribution in [3.63, 3.8) is 0 Å². The minimum absolute atomic E-state index is 0.0629. The molecule has 1 amide bonds. The van der Waals surface area contributed by atoms with Gasteiger partial charge in [-0.25, -0.2) is 8.42 Å². The Bertz CT molecular complexity index is 735. The molecule has 1 saturated heterocycles. The molecule has 4 nitrogen and oxygen atoms in total. The smallest absolute Gasteiger partial charge is 0.254 e. The Morgan fingerprint density at radius 3 is 2.24 bits per heavy atom. The van der Waals surface area contributed by atoms with Gasteiger partial charge in [0, 0.05) is 18.2 Å². The van der Waals surface area contributed by atoms with Crippen molar-refractivity contribution in [1.82, 2.24) is 4.90 Å². The molecule has 2 aliphatic carbocycles. The highest BCUT2D eigenvalue weighted by Crippen LogP contribution is 2.37. The molecule has 5 heteroatoms. The molecule has 0 aromatic heterocycles. The van der Waals surface area contributed by atoms with Crippen molar-refractivity contribution >= 4 is 15.7 Å². The van der Waals surface area contributed by atoms with Crippen LogP contribution in [0.2, 0.25) is 0 Å². The summed E-state index contributed by atoms with van der Waals surface area (Å²) in [5.41, 5.74) is 0.619. The monoisotopic (exact) mass is 361 g/mol. The lowest BCUT2D eigenvalue weighted by Gasteiger charge is -2.48. The Balaban J connectivity index is 1.48. The fourth-order valence-corrected chi connectivity index (χ4v) is 6.67. The summed E-state index contributed by atoms with van der Waals surface area (Å²) in [4.78, 5) is 15.2. The van der Waals surface area contributed by atoms with Gasteiger partial charge in [-0.2, -0.15) is 0 Å². The molecule has 1 aliphatic heterocycles. The van der Waals surface area contributed by atoms with E-state index in [0.29, 0.717) is 22.4 Å². The van der Waals surface area contributed by atoms with E-state index in [2.05, 4.69) is 0 Å². The predicted molar refractivity (Wildman–Crippen MR) is 97.3 cm³/mol. The lowest BCUT2D eigenvalue weighted by atomic mass is 9.84. The van der Waals surface area contributed by atoms with Crippen LogP contribution < -0.4 is 0 Å². The van der Waals surface area contributed by atoms with Gasteiger partial charge in [0.15, 0.2) is 9.84 Å². The third-order valence-corrected chi connectivity index (χ3v) is 8.66. The van der Waals surface area contributed by atoms with Crippen LogP contribution in [0.3, 0.4) is 0 Å². The van der Waals surface area contributed by atoms with E-state index in [1.807, 2.05) is 4.90 Å². The summed E-state index contributed by atoms with van der Waals surface area (Å²) < 4.78 is 25.3. The van der Waals surface area contributed by atoms with Crippen molar-refractivity contribution in [2.24, 2.45) is 5.92 Å². The lowest BCUT2D eigenvalue weighted by Crippen LogP contribution is -2.58. The molecule has 1 aromatic rings. The van der Waals surface area contributed by atoms with Crippen molar-refractivity contribution in [1.29, 1.82) is 0 Å². The van der Waals surface area contributed by atoms with Gasteiger partial charge in [0.25, 0.3) is 5.91 Å². The summed E-state index contributed by atoms with van der Waals surface area (Å²) in [5.74, 6) is 0.737. The normalized spacial score (nSPS) is 27.4. The van der Waals surface area contributed by atoms with Crippen molar-refractivity contribution in [2.45, 2.75) is 74.0 Å². The van der Waals surface area contributed by atoms with Crippen molar-refractivity contribution in [3.05, 3.63) is 29.8 Å². The van der Waals surface area contributed by atoms with Gasteiger partial charge in [0.1, 0.15) is 0 Å². The molecule has 4 rings (SSSR count). The summed E-state index contributed by atoms with van der Waals surface area (Å²) in [7, 11) is -3.24. The predicted octanol–water partition coefficient (Wildman–Crippen LogP) is 3.81. The van der Waals surface area contributed by atoms with E-state index < -0.39 is 9.84 Å². The van der Waals surface area contributed by atoms with Crippen LogP contribution in [0, 0.1) is 5.92 Å². The van der Waals surface area contributed by atoms with Gasteiger partial charge in [-0.3, -0.25) is 4.79 Å². The molecule has 3 fully saturated rings. The average Bonchev–Trinajstić information content (AvgIpc) is 3.09. The zero-order chi connectivity index (χ0) is 17.4. The van der Waals surface area contributed by atoms with Crippen molar-refractivity contribution < 1.29 is 13.2 Å². The van der Waals surface area contributed by atoms with Gasteiger partial charge in [0.05, 0.1) is 10.1 Å². The Hall–Kier alpha value is -1.36. The molecule has 0 bridgehead atoms. The van der Waals surface area contributed by atoms with Crippen LogP contribution in [-0.4, -0.2) is 37.1 Å². The first-order valence-corrected chi connectivity index (χ1v) is 11.3. The van der Waals surface area contributed by atoms with Gasteiger partial charge in [-0.05, 0) is 55.9 Å². The third-order valence-electron chi connectivity index (χ3n) is 6.38. The maximum atomic E-state index is 12.8. The number of carbonyl (C=O) groups is 1. The van der Waals surface area contributed by atoms with Crippen LogP contribution in [0.4, 0.5) is 0 Å². The fraction of sp³-hybridized carbons (Fsp3) is 0.650. The van der Waals surface area contributed by atoms with Gasteiger partial charge in [-0.15, -0.1) is 0 Å². The zero-order valence-electron chi connectivity index (χ0n) is 14.7. The number of benzene rings is 1. The molecule has 0 radical (unpaired) electrons. The van der Waals surface area contributed by atoms with Gasteiger partial charge in [-0.1, -0.05) is 32.1 Å². The molecule has 25 heavy (non-hydrogen) atoms. The molecule has 2 saturated carbocycles. The van der Waals surface area contributed by atoms with Crippen molar-refractivity contribution in [3.8, 4) is 0 Å². The fourth-order valence-electron chi connectivity index (χ4n) is 4.82. The minimum atomic E-state index is -3.24. The van der Waals surface area contributed by atoms with Crippen molar-refractivity contribution in [2.75, 3.05) is 6.54 Å². The highest BCUT2D eigenvalue weighted by molar-refractivity contribution is 7.92. The Morgan fingerprint density at radius 1 is 0.880 bits per heavy atom. The second kappa shape index (κ2) is 6.75. The molecule has 1 heterocycles. The highest BCUT2D eigenvalue weighted by Gasteiger charge is 2.42. The summed E-state index contributed by atoms with van der Waals surface area (Å²) in [6.07, 6.45) is 9.66. The summed E-state index contributed by atoms with van der Waals surface area (Å²) >= 11 is 0. The maximum Gasteiger partial charge on any atom is 0.254 e. The number of likely N-dealkylation sites (tertiary alicyclic amines) is 1. The highest BCUT2D eigenvalue weighted by atomic mass is 32.2. The Labute approximate surface area is 150 Å². The lowest BCUT2D eigenvalue weighted by molar-refractivity contribution is 0.0122. The van der Waals surface area contributed by atoms with E-state index >= 15 is 0 Å². The molecule has 136 valence electrons. The van der Waals surface area contributed by atoms with E-state index in [4.69, 9.17) is 0 Å². The van der Waals surface area contributed by atoms with Crippen LogP contribution in [0.5, 0.6) is 0 Å². The van der Waals surface area contributed by atoms with Gasteiger partial charge in [0.2, 0.25) is 0 Å². The van der Waals surface area contributed by atoms with E-state index in [0.717, 1.165) is 38.6 Å². The molecule has 0 spiro atoms. The second-order valence-electron chi connectivity index (χ2n) is 7.90. The largest absolute Gasteiger partial charge is 0.335 e. The first-order valence-electron chi connectivity index (χ1n) is 9.72. The van der Waals surface area contributed by atoms with Crippen LogP contribution in [0.15, 0.2) is 29.2 Å². The first-order chi connectivity index (χ1) is 12.1.